The molecule has 304 valence electrons. The van der Waals surface area contributed by atoms with Crippen LogP contribution in [0, 0.1) is 0 Å². The third kappa shape index (κ3) is 13.7. The summed E-state index contributed by atoms with van der Waals surface area (Å²) in [6, 6.07) is 47.8. The molecule has 0 aliphatic carbocycles. The van der Waals surface area contributed by atoms with Gasteiger partial charge in [-0.2, -0.15) is 0 Å². The highest BCUT2D eigenvalue weighted by Gasteiger charge is 2.49. The van der Waals surface area contributed by atoms with Crippen molar-refractivity contribution in [2.75, 3.05) is 26.3 Å². The number of nitrogens with zero attached hydrogens (tertiary/aromatic N) is 1. The van der Waals surface area contributed by atoms with Crippen LogP contribution in [0.5, 0.6) is 0 Å². The van der Waals surface area contributed by atoms with Gasteiger partial charge in [0.2, 0.25) is 0 Å². The molecular weight excluding hydrogens is 735 g/mol. The minimum atomic E-state index is -1.28. The summed E-state index contributed by atoms with van der Waals surface area (Å²) in [7, 11) is 0. The Kier molecular flexibility index (Phi) is 17.0. The Balaban J connectivity index is 1.07. The summed E-state index contributed by atoms with van der Waals surface area (Å²) < 4.78 is 36.7. The zero-order valence-electron chi connectivity index (χ0n) is 32.8. The number of rotatable bonds is 22. The Hall–Kier alpha value is -5.20. The van der Waals surface area contributed by atoms with Gasteiger partial charge in [-0.3, -0.25) is 9.69 Å². The number of benzene rings is 5. The number of ether oxygens (including phenoxy) is 6. The van der Waals surface area contributed by atoms with E-state index in [1.807, 2.05) is 127 Å². The largest absolute Gasteiger partial charge is 0.460 e. The van der Waals surface area contributed by atoms with Gasteiger partial charge >= 0.3 is 11.9 Å². The smallest absolute Gasteiger partial charge is 0.338 e. The number of unbranched alkanes of at least 4 members (excludes halogenated alkanes) is 2. The fourth-order valence-electron chi connectivity index (χ4n) is 6.73. The van der Waals surface area contributed by atoms with Crippen LogP contribution < -0.4 is 0 Å². The van der Waals surface area contributed by atoms with Gasteiger partial charge in [0, 0.05) is 13.2 Å². The lowest BCUT2D eigenvalue weighted by Crippen LogP contribution is -2.61. The van der Waals surface area contributed by atoms with Gasteiger partial charge in [0.25, 0.3) is 0 Å². The van der Waals surface area contributed by atoms with E-state index in [9.17, 15) is 14.7 Å². The van der Waals surface area contributed by atoms with Crippen molar-refractivity contribution in [3.8, 4) is 0 Å². The predicted octanol–water partition coefficient (Wildman–Crippen LogP) is 7.53. The van der Waals surface area contributed by atoms with Crippen molar-refractivity contribution in [3.63, 3.8) is 0 Å². The zero-order valence-corrected chi connectivity index (χ0v) is 32.8. The summed E-state index contributed by atoms with van der Waals surface area (Å²) in [6.45, 7) is 2.62. The molecule has 0 radical (unpaired) electrons. The first-order valence-electron chi connectivity index (χ1n) is 20.0. The molecule has 1 aliphatic rings. The molecule has 1 heterocycles. The normalized spacial score (nSPS) is 19.1. The van der Waals surface area contributed by atoms with Crippen LogP contribution in [0.1, 0.15) is 51.9 Å². The van der Waals surface area contributed by atoms with E-state index in [-0.39, 0.29) is 38.9 Å². The molecule has 10 nitrogen and oxygen atoms in total. The number of hydrogen-bond acceptors (Lipinski definition) is 10. The number of carbonyl (C=O) groups excluding carboxylic acids is 2. The molecular formula is C48H53NO9. The monoisotopic (exact) mass is 787 g/mol. The van der Waals surface area contributed by atoms with Crippen LogP contribution in [-0.2, 0) is 59.6 Å². The molecule has 58 heavy (non-hydrogen) atoms. The Bertz CT molecular complexity index is 1900. The lowest BCUT2D eigenvalue weighted by Gasteiger charge is -2.43. The van der Waals surface area contributed by atoms with Crippen molar-refractivity contribution in [1.82, 2.24) is 4.90 Å². The van der Waals surface area contributed by atoms with Gasteiger partial charge < -0.3 is 33.5 Å². The summed E-state index contributed by atoms with van der Waals surface area (Å²) in [4.78, 5) is 28.3. The molecule has 0 amide bonds. The minimum absolute atomic E-state index is 0.107. The summed E-state index contributed by atoms with van der Waals surface area (Å²) in [6.07, 6.45) is -2.91. The van der Waals surface area contributed by atoms with E-state index in [0.29, 0.717) is 31.7 Å². The molecule has 0 saturated carbocycles. The molecule has 1 saturated heterocycles. The number of aliphatic hydroxyl groups is 1. The van der Waals surface area contributed by atoms with Crippen molar-refractivity contribution < 1.29 is 43.1 Å². The van der Waals surface area contributed by atoms with Gasteiger partial charge in [0.15, 0.2) is 12.4 Å². The van der Waals surface area contributed by atoms with Gasteiger partial charge in [-0.25, -0.2) is 4.79 Å². The third-order valence-corrected chi connectivity index (χ3v) is 9.79. The molecule has 3 unspecified atom stereocenters. The van der Waals surface area contributed by atoms with Crippen molar-refractivity contribution >= 4 is 11.9 Å². The average Bonchev–Trinajstić information content (AvgIpc) is 3.26. The molecule has 1 N–H and O–H groups in total. The van der Waals surface area contributed by atoms with E-state index < -0.39 is 36.7 Å². The van der Waals surface area contributed by atoms with Crippen LogP contribution in [-0.4, -0.2) is 79.0 Å². The van der Waals surface area contributed by atoms with E-state index >= 15 is 0 Å². The van der Waals surface area contributed by atoms with E-state index in [1.54, 1.807) is 24.3 Å². The Morgan fingerprint density at radius 3 is 1.78 bits per heavy atom. The van der Waals surface area contributed by atoms with Crippen LogP contribution in [0.25, 0.3) is 0 Å². The Labute approximate surface area is 341 Å². The highest BCUT2D eigenvalue weighted by Crippen LogP contribution is 2.29. The summed E-state index contributed by atoms with van der Waals surface area (Å²) >= 11 is 0. The second kappa shape index (κ2) is 23.3. The molecule has 0 spiro atoms. The first-order chi connectivity index (χ1) is 28.5. The lowest BCUT2D eigenvalue weighted by molar-refractivity contribution is -0.310. The van der Waals surface area contributed by atoms with Crippen molar-refractivity contribution in [3.05, 3.63) is 179 Å². The summed E-state index contributed by atoms with van der Waals surface area (Å²) in [5.74, 6) is -0.885. The fraction of sp³-hybridized carbons (Fsp3) is 0.333. The molecule has 5 aromatic carbocycles. The second-order valence-corrected chi connectivity index (χ2v) is 14.3. The first kappa shape index (κ1) is 42.4. The number of aliphatic hydroxyl groups excluding tert-OH is 1. The number of carbonyl (C=O) groups is 2. The maximum Gasteiger partial charge on any atom is 0.338 e. The molecule has 0 aromatic heterocycles. The molecule has 5 aromatic rings. The topological polar surface area (TPSA) is 113 Å². The molecule has 1 aliphatic heterocycles. The average molecular weight is 788 g/mol. The first-order valence-corrected chi connectivity index (χ1v) is 20.0. The lowest BCUT2D eigenvalue weighted by atomic mass is 9.98. The van der Waals surface area contributed by atoms with E-state index in [2.05, 4.69) is 4.90 Å². The van der Waals surface area contributed by atoms with Gasteiger partial charge in [-0.1, -0.05) is 140 Å². The highest BCUT2D eigenvalue weighted by molar-refractivity contribution is 5.89. The molecule has 1 fully saturated rings. The second-order valence-electron chi connectivity index (χ2n) is 14.3. The number of hydrogen-bond donors (Lipinski definition) is 1. The molecule has 0 bridgehead atoms. The van der Waals surface area contributed by atoms with Crippen LogP contribution in [0.15, 0.2) is 152 Å². The van der Waals surface area contributed by atoms with Gasteiger partial charge in [0.1, 0.15) is 24.9 Å². The quantitative estimate of drug-likeness (QED) is 0.0558. The molecule has 5 atom stereocenters. The highest BCUT2D eigenvalue weighted by atomic mass is 16.7. The van der Waals surface area contributed by atoms with Gasteiger partial charge in [0.05, 0.1) is 31.9 Å². The van der Waals surface area contributed by atoms with Crippen LogP contribution in [0.4, 0.5) is 0 Å². The number of esters is 2. The van der Waals surface area contributed by atoms with Crippen LogP contribution in [0.3, 0.4) is 0 Å². The SMILES string of the molecule is O=C(CN(CCCCCO[C@@H]1OC(COCc2ccccc2)[C@H](OCc2ccccc2)C(O)C1OC(=O)c1ccccc1)Cc1ccccc1)OCc1ccccc1. The van der Waals surface area contributed by atoms with E-state index in [0.717, 1.165) is 35.1 Å². The minimum Gasteiger partial charge on any atom is -0.460 e. The maximum absolute atomic E-state index is 13.4. The van der Waals surface area contributed by atoms with Crippen molar-refractivity contribution in [2.24, 2.45) is 0 Å². The van der Waals surface area contributed by atoms with Crippen molar-refractivity contribution in [1.29, 1.82) is 0 Å². The van der Waals surface area contributed by atoms with Crippen molar-refractivity contribution in [2.45, 2.75) is 76.3 Å². The third-order valence-electron chi connectivity index (χ3n) is 9.79. The standard InChI is InChI=1S/C48H53NO9/c50-43(55-34-39-23-11-3-12-24-39)32-49(31-37-19-7-1-8-20-37)29-17-6-18-30-54-48-46(58-47(52)41-27-15-5-16-28-41)44(51)45(56-35-40-25-13-4-14-26-40)42(57-48)36-53-33-38-21-9-2-10-22-38/h1-5,7-16,19-28,42,44-46,48,51H,6,17-18,29-36H2/t42?,44?,45-,46?,48+/m0/s1. The Morgan fingerprint density at radius 1 is 0.603 bits per heavy atom. The molecule has 6 rings (SSSR count). The van der Waals surface area contributed by atoms with Crippen LogP contribution >= 0.6 is 0 Å². The van der Waals surface area contributed by atoms with Gasteiger partial charge in [-0.05, 0) is 60.2 Å². The van der Waals surface area contributed by atoms with Crippen LogP contribution in [0.2, 0.25) is 0 Å². The zero-order chi connectivity index (χ0) is 40.2. The predicted molar refractivity (Wildman–Crippen MR) is 219 cm³/mol. The maximum atomic E-state index is 13.4. The van der Waals surface area contributed by atoms with Gasteiger partial charge in [-0.15, -0.1) is 0 Å². The summed E-state index contributed by atoms with van der Waals surface area (Å²) in [5, 5.41) is 11.9. The van der Waals surface area contributed by atoms with E-state index in [1.165, 1.54) is 0 Å². The molecule has 10 heteroatoms. The fourth-order valence-corrected chi connectivity index (χ4v) is 6.73. The Morgan fingerprint density at radius 2 is 1.16 bits per heavy atom. The van der Waals surface area contributed by atoms with E-state index in [4.69, 9.17) is 28.4 Å². The summed E-state index contributed by atoms with van der Waals surface area (Å²) in [5.41, 5.74) is 4.31.